The van der Waals surface area contributed by atoms with E-state index in [1.807, 2.05) is 30.3 Å². The Hall–Kier alpha value is -2.86. The van der Waals surface area contributed by atoms with Crippen molar-refractivity contribution in [3.63, 3.8) is 0 Å². The number of carbonyl (C=O) groups is 1. The number of ether oxygens (including phenoxy) is 1. The number of nitrogens with one attached hydrogen (secondary N) is 1. The number of carbonyl (C=O) groups excluding carboxylic acids is 1. The summed E-state index contributed by atoms with van der Waals surface area (Å²) in [6.45, 7) is 1.79. The minimum absolute atomic E-state index is 0.132. The van der Waals surface area contributed by atoms with Crippen LogP contribution in [0.3, 0.4) is 0 Å². The molecule has 128 valence electrons. The van der Waals surface area contributed by atoms with Gasteiger partial charge in [-0.3, -0.25) is 4.79 Å². The molecule has 0 aliphatic carbocycles. The van der Waals surface area contributed by atoms with Gasteiger partial charge < -0.3 is 14.6 Å². The standard InChI is InChI=1S/C18H16ClN3O3/c1-12(24-15-9-7-14(19)8-10-15)18(23)20-11-16-21-17(22-25-16)13-5-3-2-4-6-13/h2-10,12H,11H2,1H3,(H,20,23). The molecule has 0 spiro atoms. The number of rotatable bonds is 6. The van der Waals surface area contributed by atoms with Gasteiger partial charge in [-0.15, -0.1) is 0 Å². The Morgan fingerprint density at radius 3 is 2.64 bits per heavy atom. The Labute approximate surface area is 149 Å². The fraction of sp³-hybridized carbons (Fsp3) is 0.167. The van der Waals surface area contributed by atoms with Gasteiger partial charge in [0, 0.05) is 10.6 Å². The number of hydrogen-bond acceptors (Lipinski definition) is 5. The van der Waals surface area contributed by atoms with E-state index < -0.39 is 6.10 Å². The summed E-state index contributed by atoms with van der Waals surface area (Å²) in [5, 5.41) is 7.22. The number of hydrogen-bond donors (Lipinski definition) is 1. The van der Waals surface area contributed by atoms with Crippen LogP contribution in [-0.4, -0.2) is 22.2 Å². The molecule has 0 saturated heterocycles. The Morgan fingerprint density at radius 1 is 1.20 bits per heavy atom. The van der Waals surface area contributed by atoms with Gasteiger partial charge in [-0.05, 0) is 31.2 Å². The fourth-order valence-electron chi connectivity index (χ4n) is 2.11. The van der Waals surface area contributed by atoms with E-state index >= 15 is 0 Å². The van der Waals surface area contributed by atoms with Crippen molar-refractivity contribution in [1.82, 2.24) is 15.5 Å². The summed E-state index contributed by atoms with van der Waals surface area (Å²) in [6.07, 6.45) is -0.669. The second-order valence-corrected chi connectivity index (χ2v) is 5.75. The number of benzene rings is 2. The molecule has 1 amide bonds. The molecular weight excluding hydrogens is 342 g/mol. The van der Waals surface area contributed by atoms with Gasteiger partial charge in [-0.2, -0.15) is 4.98 Å². The topological polar surface area (TPSA) is 77.2 Å². The Kier molecular flexibility index (Phi) is 5.30. The van der Waals surface area contributed by atoms with Gasteiger partial charge >= 0.3 is 0 Å². The molecule has 0 bridgehead atoms. The summed E-state index contributed by atoms with van der Waals surface area (Å²) >= 11 is 5.82. The highest BCUT2D eigenvalue weighted by Crippen LogP contribution is 2.17. The van der Waals surface area contributed by atoms with Crippen LogP contribution in [0.25, 0.3) is 11.4 Å². The quantitative estimate of drug-likeness (QED) is 0.730. The summed E-state index contributed by atoms with van der Waals surface area (Å²) in [5.41, 5.74) is 0.850. The molecule has 1 atom stereocenters. The normalized spacial score (nSPS) is 11.8. The maximum atomic E-state index is 12.1. The van der Waals surface area contributed by atoms with Crippen LogP contribution < -0.4 is 10.1 Å². The summed E-state index contributed by atoms with van der Waals surface area (Å²) in [7, 11) is 0. The van der Waals surface area contributed by atoms with Crippen LogP contribution in [0.15, 0.2) is 59.1 Å². The Balaban J connectivity index is 1.53. The van der Waals surface area contributed by atoms with Crippen molar-refractivity contribution in [3.05, 3.63) is 65.5 Å². The van der Waals surface area contributed by atoms with E-state index in [1.165, 1.54) is 0 Å². The molecule has 0 radical (unpaired) electrons. The molecule has 1 unspecified atom stereocenters. The van der Waals surface area contributed by atoms with Crippen LogP contribution >= 0.6 is 11.6 Å². The fourth-order valence-corrected chi connectivity index (χ4v) is 2.23. The first-order valence-corrected chi connectivity index (χ1v) is 8.07. The lowest BCUT2D eigenvalue weighted by Crippen LogP contribution is -2.35. The third-order valence-electron chi connectivity index (χ3n) is 3.41. The number of aromatic nitrogens is 2. The zero-order valence-electron chi connectivity index (χ0n) is 13.5. The lowest BCUT2D eigenvalue weighted by Gasteiger charge is -2.13. The number of amides is 1. The molecule has 7 heteroatoms. The van der Waals surface area contributed by atoms with E-state index in [2.05, 4.69) is 15.5 Å². The molecule has 0 aliphatic rings. The number of nitrogens with zero attached hydrogens (tertiary/aromatic N) is 2. The largest absolute Gasteiger partial charge is 0.481 e. The summed E-state index contributed by atoms with van der Waals surface area (Å²) in [5.74, 6) is 1.09. The van der Waals surface area contributed by atoms with E-state index in [4.69, 9.17) is 20.9 Å². The molecule has 1 aromatic heterocycles. The van der Waals surface area contributed by atoms with Crippen molar-refractivity contribution < 1.29 is 14.1 Å². The van der Waals surface area contributed by atoms with Gasteiger partial charge in [-0.1, -0.05) is 47.1 Å². The molecule has 0 fully saturated rings. The predicted octanol–water partition coefficient (Wildman–Crippen LogP) is 3.47. The average Bonchev–Trinajstić information content (AvgIpc) is 3.11. The maximum Gasteiger partial charge on any atom is 0.261 e. The highest BCUT2D eigenvalue weighted by Gasteiger charge is 2.16. The van der Waals surface area contributed by atoms with E-state index in [0.29, 0.717) is 22.5 Å². The first-order valence-electron chi connectivity index (χ1n) is 7.70. The van der Waals surface area contributed by atoms with Crippen LogP contribution in [0, 0.1) is 0 Å². The van der Waals surface area contributed by atoms with Crippen molar-refractivity contribution >= 4 is 17.5 Å². The molecule has 3 rings (SSSR count). The molecular formula is C18H16ClN3O3. The lowest BCUT2D eigenvalue weighted by molar-refractivity contribution is -0.127. The first kappa shape index (κ1) is 17.0. The highest BCUT2D eigenvalue weighted by molar-refractivity contribution is 6.30. The molecule has 0 aliphatic heterocycles. The zero-order valence-corrected chi connectivity index (χ0v) is 14.2. The van der Waals surface area contributed by atoms with Gasteiger partial charge in [0.1, 0.15) is 5.75 Å². The highest BCUT2D eigenvalue weighted by atomic mass is 35.5. The molecule has 0 saturated carbocycles. The maximum absolute atomic E-state index is 12.1. The van der Waals surface area contributed by atoms with E-state index in [0.717, 1.165) is 5.56 Å². The van der Waals surface area contributed by atoms with Gasteiger partial charge in [0.2, 0.25) is 11.7 Å². The molecule has 1 N–H and O–H groups in total. The van der Waals surface area contributed by atoms with Crippen LogP contribution in [-0.2, 0) is 11.3 Å². The summed E-state index contributed by atoms with van der Waals surface area (Å²) < 4.78 is 10.7. The van der Waals surface area contributed by atoms with Crippen LogP contribution in [0.1, 0.15) is 12.8 Å². The van der Waals surface area contributed by atoms with Crippen molar-refractivity contribution in [2.75, 3.05) is 0 Å². The van der Waals surface area contributed by atoms with Crippen LogP contribution in [0.4, 0.5) is 0 Å². The summed E-state index contributed by atoms with van der Waals surface area (Å²) in [4.78, 5) is 16.4. The van der Waals surface area contributed by atoms with Crippen molar-refractivity contribution in [2.45, 2.75) is 19.6 Å². The zero-order chi connectivity index (χ0) is 17.6. The molecule has 1 heterocycles. The first-order chi connectivity index (χ1) is 12.1. The molecule has 25 heavy (non-hydrogen) atoms. The van der Waals surface area contributed by atoms with Crippen molar-refractivity contribution in [2.24, 2.45) is 0 Å². The molecule has 6 nitrogen and oxygen atoms in total. The van der Waals surface area contributed by atoms with E-state index in [1.54, 1.807) is 31.2 Å². The van der Waals surface area contributed by atoms with Crippen molar-refractivity contribution in [1.29, 1.82) is 0 Å². The smallest absolute Gasteiger partial charge is 0.261 e. The average molecular weight is 358 g/mol. The Bertz CT molecular complexity index is 834. The van der Waals surface area contributed by atoms with Crippen LogP contribution in [0.2, 0.25) is 5.02 Å². The summed E-state index contributed by atoms with van der Waals surface area (Å²) in [6, 6.07) is 16.3. The van der Waals surface area contributed by atoms with E-state index in [9.17, 15) is 4.79 Å². The third-order valence-corrected chi connectivity index (χ3v) is 3.66. The second kappa shape index (κ2) is 7.81. The van der Waals surface area contributed by atoms with E-state index in [-0.39, 0.29) is 12.5 Å². The Morgan fingerprint density at radius 2 is 1.92 bits per heavy atom. The predicted molar refractivity (Wildman–Crippen MR) is 93.1 cm³/mol. The van der Waals surface area contributed by atoms with Gasteiger partial charge in [-0.25, -0.2) is 0 Å². The number of halogens is 1. The SMILES string of the molecule is CC(Oc1ccc(Cl)cc1)C(=O)NCc1nc(-c2ccccc2)no1. The third kappa shape index (κ3) is 4.58. The van der Waals surface area contributed by atoms with Gasteiger partial charge in [0.05, 0.1) is 6.54 Å². The monoisotopic (exact) mass is 357 g/mol. The molecule has 2 aromatic carbocycles. The van der Waals surface area contributed by atoms with Crippen molar-refractivity contribution in [3.8, 4) is 17.1 Å². The second-order valence-electron chi connectivity index (χ2n) is 5.31. The van der Waals surface area contributed by atoms with Crippen LogP contribution in [0.5, 0.6) is 5.75 Å². The van der Waals surface area contributed by atoms with Gasteiger partial charge in [0.15, 0.2) is 6.10 Å². The minimum atomic E-state index is -0.669. The lowest BCUT2D eigenvalue weighted by atomic mass is 10.2. The molecule has 3 aromatic rings. The van der Waals surface area contributed by atoms with Gasteiger partial charge in [0.25, 0.3) is 5.91 Å². The minimum Gasteiger partial charge on any atom is -0.481 e.